The summed E-state index contributed by atoms with van der Waals surface area (Å²) in [7, 11) is 1.55. The SMILES string of the molecule is [CH2]c1cnc([N+](=O)[O-])n1C. The van der Waals surface area contributed by atoms with Crippen molar-refractivity contribution in [3.05, 3.63) is 28.9 Å². The van der Waals surface area contributed by atoms with Crippen LogP contribution in [-0.4, -0.2) is 14.5 Å². The van der Waals surface area contributed by atoms with E-state index in [1.807, 2.05) is 0 Å². The summed E-state index contributed by atoms with van der Waals surface area (Å²) >= 11 is 0. The van der Waals surface area contributed by atoms with Crippen molar-refractivity contribution in [1.29, 1.82) is 0 Å². The first-order valence-electron chi connectivity index (χ1n) is 2.61. The van der Waals surface area contributed by atoms with Crippen LogP contribution in [0, 0.1) is 17.0 Å². The highest BCUT2D eigenvalue weighted by molar-refractivity contribution is 5.16. The molecule has 53 valence electrons. The predicted octanol–water partition coefficient (Wildman–Crippen LogP) is 0.510. The van der Waals surface area contributed by atoms with E-state index in [9.17, 15) is 10.1 Å². The minimum absolute atomic E-state index is 0.176. The molecular weight excluding hydrogens is 134 g/mol. The number of rotatable bonds is 1. The zero-order valence-electron chi connectivity index (χ0n) is 5.44. The first kappa shape index (κ1) is 6.73. The smallest absolute Gasteiger partial charge is 0.390 e. The second-order valence-electron chi connectivity index (χ2n) is 1.87. The molecule has 0 fully saturated rings. The molecule has 10 heavy (non-hydrogen) atoms. The highest BCUT2D eigenvalue weighted by Gasteiger charge is 2.12. The molecule has 0 spiro atoms. The molecule has 0 saturated carbocycles. The maximum absolute atomic E-state index is 10.1. The van der Waals surface area contributed by atoms with Gasteiger partial charge in [0.15, 0.2) is 0 Å². The average molecular weight is 140 g/mol. The lowest BCUT2D eigenvalue weighted by Gasteiger charge is -1.93. The zero-order valence-corrected chi connectivity index (χ0v) is 5.44. The maximum Gasteiger partial charge on any atom is 0.434 e. The Bertz CT molecular complexity index is 266. The molecule has 1 aromatic rings. The number of nitro groups is 1. The number of imidazole rings is 1. The molecule has 0 aliphatic rings. The van der Waals surface area contributed by atoms with Gasteiger partial charge in [0.05, 0.1) is 7.05 Å². The van der Waals surface area contributed by atoms with Crippen LogP contribution < -0.4 is 0 Å². The van der Waals surface area contributed by atoms with Gasteiger partial charge in [0.25, 0.3) is 0 Å². The standard InChI is InChI=1S/C5H6N3O2/c1-4-3-6-5(7(4)2)8(9)10/h3H,1H2,2H3. The Kier molecular flexibility index (Phi) is 1.41. The Morgan fingerprint density at radius 3 is 2.70 bits per heavy atom. The number of nitrogens with zero attached hydrogens (tertiary/aromatic N) is 3. The number of hydrogen-bond acceptors (Lipinski definition) is 3. The molecule has 0 saturated heterocycles. The highest BCUT2D eigenvalue weighted by atomic mass is 16.6. The van der Waals surface area contributed by atoms with Crippen LogP contribution in [0.2, 0.25) is 0 Å². The second-order valence-corrected chi connectivity index (χ2v) is 1.87. The first-order chi connectivity index (χ1) is 4.63. The molecule has 0 bridgehead atoms. The molecule has 0 aliphatic heterocycles. The molecule has 1 radical (unpaired) electrons. The molecule has 5 heteroatoms. The van der Waals surface area contributed by atoms with Gasteiger partial charge in [-0.25, -0.2) is 4.57 Å². The van der Waals surface area contributed by atoms with Crippen molar-refractivity contribution >= 4 is 5.95 Å². The molecule has 0 unspecified atom stereocenters. The Labute approximate surface area is 57.5 Å². The van der Waals surface area contributed by atoms with Crippen molar-refractivity contribution in [2.75, 3.05) is 0 Å². The Morgan fingerprint density at radius 1 is 1.90 bits per heavy atom. The summed E-state index contributed by atoms with van der Waals surface area (Å²) < 4.78 is 1.32. The fourth-order valence-corrected chi connectivity index (χ4v) is 0.604. The molecule has 5 nitrogen and oxygen atoms in total. The van der Waals surface area contributed by atoms with Crippen molar-refractivity contribution in [2.24, 2.45) is 7.05 Å². The van der Waals surface area contributed by atoms with Crippen LogP contribution in [0.15, 0.2) is 6.20 Å². The van der Waals surface area contributed by atoms with E-state index in [1.165, 1.54) is 10.8 Å². The van der Waals surface area contributed by atoms with E-state index in [0.29, 0.717) is 5.69 Å². The van der Waals surface area contributed by atoms with Crippen molar-refractivity contribution in [1.82, 2.24) is 9.55 Å². The quantitative estimate of drug-likeness (QED) is 0.421. The summed E-state index contributed by atoms with van der Waals surface area (Å²) in [5, 5.41) is 10.1. The van der Waals surface area contributed by atoms with Gasteiger partial charge in [0.1, 0.15) is 11.9 Å². The molecular formula is C5H6N3O2. The fraction of sp³-hybridized carbons (Fsp3) is 0.200. The molecule has 0 amide bonds. The molecule has 1 aromatic heterocycles. The third kappa shape index (κ3) is 0.854. The lowest BCUT2D eigenvalue weighted by atomic mass is 10.5. The summed E-state index contributed by atoms with van der Waals surface area (Å²) in [6, 6.07) is 0. The van der Waals surface area contributed by atoms with Crippen LogP contribution in [0.3, 0.4) is 0 Å². The van der Waals surface area contributed by atoms with Gasteiger partial charge < -0.3 is 10.1 Å². The monoisotopic (exact) mass is 140 g/mol. The van der Waals surface area contributed by atoms with Crippen LogP contribution in [0.4, 0.5) is 5.95 Å². The molecule has 0 atom stereocenters. The van der Waals surface area contributed by atoms with Crippen LogP contribution in [0.5, 0.6) is 0 Å². The van der Waals surface area contributed by atoms with Gasteiger partial charge in [0, 0.05) is 6.92 Å². The largest absolute Gasteiger partial charge is 0.434 e. The van der Waals surface area contributed by atoms with Crippen LogP contribution in [-0.2, 0) is 7.05 Å². The topological polar surface area (TPSA) is 61.0 Å². The van der Waals surface area contributed by atoms with E-state index in [1.54, 1.807) is 7.05 Å². The third-order valence-corrected chi connectivity index (χ3v) is 1.22. The molecule has 1 rings (SSSR count). The molecule has 1 heterocycles. The Morgan fingerprint density at radius 2 is 2.50 bits per heavy atom. The zero-order chi connectivity index (χ0) is 7.72. The van der Waals surface area contributed by atoms with Gasteiger partial charge in [-0.1, -0.05) is 4.98 Å². The lowest BCUT2D eigenvalue weighted by molar-refractivity contribution is -0.396. The maximum atomic E-state index is 10.1. The van der Waals surface area contributed by atoms with Gasteiger partial charge in [-0.15, -0.1) is 0 Å². The summed E-state index contributed by atoms with van der Waals surface area (Å²) in [5.74, 6) is -0.176. The summed E-state index contributed by atoms with van der Waals surface area (Å²) in [5.41, 5.74) is 0.534. The molecule has 0 aromatic carbocycles. The second kappa shape index (κ2) is 2.09. The normalized spacial score (nSPS) is 9.80. The molecule has 0 N–H and O–H groups in total. The van der Waals surface area contributed by atoms with Crippen molar-refractivity contribution < 1.29 is 4.92 Å². The third-order valence-electron chi connectivity index (χ3n) is 1.22. The minimum atomic E-state index is -0.547. The van der Waals surface area contributed by atoms with Gasteiger partial charge in [0.2, 0.25) is 0 Å². The van der Waals surface area contributed by atoms with E-state index in [4.69, 9.17) is 0 Å². The van der Waals surface area contributed by atoms with Crippen LogP contribution in [0.25, 0.3) is 0 Å². The van der Waals surface area contributed by atoms with Gasteiger partial charge >= 0.3 is 5.95 Å². The van der Waals surface area contributed by atoms with Crippen molar-refractivity contribution in [2.45, 2.75) is 0 Å². The van der Waals surface area contributed by atoms with E-state index in [2.05, 4.69) is 11.9 Å². The average Bonchev–Trinajstić information content (AvgIpc) is 2.14. The van der Waals surface area contributed by atoms with Crippen molar-refractivity contribution in [3.63, 3.8) is 0 Å². The van der Waals surface area contributed by atoms with Gasteiger partial charge in [-0.05, 0) is 4.92 Å². The predicted molar refractivity (Wildman–Crippen MR) is 34.3 cm³/mol. The first-order valence-corrected chi connectivity index (χ1v) is 2.61. The molecule has 0 aliphatic carbocycles. The lowest BCUT2D eigenvalue weighted by Crippen LogP contribution is -1.98. The van der Waals surface area contributed by atoms with Gasteiger partial charge in [-0.2, -0.15) is 0 Å². The van der Waals surface area contributed by atoms with Crippen molar-refractivity contribution in [3.8, 4) is 0 Å². The van der Waals surface area contributed by atoms with Crippen LogP contribution in [0.1, 0.15) is 5.69 Å². The summed E-state index contributed by atoms with van der Waals surface area (Å²) in [4.78, 5) is 13.1. The summed E-state index contributed by atoms with van der Waals surface area (Å²) in [6.07, 6.45) is 1.36. The van der Waals surface area contributed by atoms with Gasteiger partial charge in [-0.3, -0.25) is 0 Å². The summed E-state index contributed by atoms with van der Waals surface area (Å²) in [6.45, 7) is 3.52. The van der Waals surface area contributed by atoms with Crippen LogP contribution >= 0.6 is 0 Å². The minimum Gasteiger partial charge on any atom is -0.390 e. The fourth-order valence-electron chi connectivity index (χ4n) is 0.604. The van der Waals surface area contributed by atoms with E-state index in [-0.39, 0.29) is 5.95 Å². The Balaban J connectivity index is 3.17. The van der Waals surface area contributed by atoms with E-state index in [0.717, 1.165) is 0 Å². The number of aromatic nitrogens is 2. The van der Waals surface area contributed by atoms with E-state index >= 15 is 0 Å². The number of hydrogen-bond donors (Lipinski definition) is 0. The highest BCUT2D eigenvalue weighted by Crippen LogP contribution is 2.08. The van der Waals surface area contributed by atoms with E-state index < -0.39 is 4.92 Å². The Hall–Kier alpha value is -1.39.